The van der Waals surface area contributed by atoms with E-state index in [0.29, 0.717) is 16.1 Å². The summed E-state index contributed by atoms with van der Waals surface area (Å²) in [6.45, 7) is 0. The van der Waals surface area contributed by atoms with Gasteiger partial charge in [-0.15, -0.1) is 0 Å². The molecular formula is C15H8Br2FNO. The van der Waals surface area contributed by atoms with Crippen LogP contribution in [0.5, 0.6) is 11.6 Å². The van der Waals surface area contributed by atoms with Crippen molar-refractivity contribution in [3.05, 3.63) is 63.4 Å². The minimum absolute atomic E-state index is 0.321. The molecule has 3 rings (SSSR count). The summed E-state index contributed by atoms with van der Waals surface area (Å²) in [5.74, 6) is 0.681. The molecule has 100 valence electrons. The molecule has 0 N–H and O–H groups in total. The molecule has 0 saturated heterocycles. The number of nitrogens with zero attached hydrogens (tertiary/aromatic N) is 1. The van der Waals surface area contributed by atoms with E-state index in [1.807, 2.05) is 24.3 Å². The Morgan fingerprint density at radius 2 is 1.80 bits per heavy atom. The lowest BCUT2D eigenvalue weighted by Gasteiger charge is -2.10. The fourth-order valence-corrected chi connectivity index (χ4v) is 2.82. The molecule has 0 aliphatic carbocycles. The van der Waals surface area contributed by atoms with Crippen LogP contribution in [-0.4, -0.2) is 4.98 Å². The third-order valence-corrected chi connectivity index (χ3v) is 4.13. The number of benzene rings is 2. The largest absolute Gasteiger partial charge is 0.437 e. The number of aromatic nitrogens is 1. The summed E-state index contributed by atoms with van der Waals surface area (Å²) in [7, 11) is 0. The van der Waals surface area contributed by atoms with E-state index in [1.165, 1.54) is 12.1 Å². The number of rotatable bonds is 2. The minimum Gasteiger partial charge on any atom is -0.437 e. The van der Waals surface area contributed by atoms with Crippen LogP contribution < -0.4 is 4.74 Å². The monoisotopic (exact) mass is 395 g/mol. The summed E-state index contributed by atoms with van der Waals surface area (Å²) in [5.41, 5.74) is 0. The third kappa shape index (κ3) is 2.55. The van der Waals surface area contributed by atoms with Crippen LogP contribution in [0.3, 0.4) is 0 Å². The molecule has 0 aliphatic rings. The number of halogens is 3. The van der Waals surface area contributed by atoms with E-state index in [4.69, 9.17) is 4.74 Å². The van der Waals surface area contributed by atoms with Crippen molar-refractivity contribution in [1.82, 2.24) is 4.98 Å². The predicted molar refractivity (Wildman–Crippen MR) is 83.6 cm³/mol. The first-order valence-electron chi connectivity index (χ1n) is 5.81. The molecule has 2 aromatic carbocycles. The van der Waals surface area contributed by atoms with Gasteiger partial charge in [0.1, 0.15) is 11.6 Å². The summed E-state index contributed by atoms with van der Waals surface area (Å²) in [4.78, 5) is 4.25. The van der Waals surface area contributed by atoms with E-state index < -0.39 is 0 Å². The average molecular weight is 397 g/mol. The second kappa shape index (κ2) is 5.50. The normalized spacial score (nSPS) is 10.8. The Morgan fingerprint density at radius 3 is 2.60 bits per heavy atom. The first-order valence-corrected chi connectivity index (χ1v) is 7.40. The van der Waals surface area contributed by atoms with Crippen molar-refractivity contribution < 1.29 is 9.13 Å². The number of fused-ring (bicyclic) bond motifs is 1. The van der Waals surface area contributed by atoms with E-state index in [-0.39, 0.29) is 5.82 Å². The van der Waals surface area contributed by atoms with Gasteiger partial charge in [0.05, 0.1) is 4.47 Å². The Balaban J connectivity index is 2.09. The second-order valence-electron chi connectivity index (χ2n) is 4.13. The molecule has 0 spiro atoms. The quantitative estimate of drug-likeness (QED) is 0.555. The molecule has 1 aromatic heterocycles. The number of pyridine rings is 1. The van der Waals surface area contributed by atoms with Crippen molar-refractivity contribution in [3.8, 4) is 11.6 Å². The van der Waals surface area contributed by atoms with Crippen LogP contribution >= 0.6 is 31.9 Å². The van der Waals surface area contributed by atoms with E-state index in [0.717, 1.165) is 15.2 Å². The van der Waals surface area contributed by atoms with Gasteiger partial charge in [0.2, 0.25) is 5.88 Å². The Labute approximate surface area is 131 Å². The summed E-state index contributed by atoms with van der Waals surface area (Å²) in [6, 6.07) is 12.0. The number of hydrogen-bond donors (Lipinski definition) is 0. The van der Waals surface area contributed by atoms with E-state index in [1.54, 1.807) is 12.3 Å². The summed E-state index contributed by atoms with van der Waals surface area (Å²) in [5, 5.41) is 1.90. The van der Waals surface area contributed by atoms with Gasteiger partial charge in [-0.05, 0) is 52.3 Å². The second-order valence-corrected chi connectivity index (χ2v) is 5.84. The molecule has 0 saturated carbocycles. The van der Waals surface area contributed by atoms with Crippen molar-refractivity contribution in [2.24, 2.45) is 0 Å². The van der Waals surface area contributed by atoms with Gasteiger partial charge in [-0.1, -0.05) is 22.0 Å². The molecule has 0 radical (unpaired) electrons. The van der Waals surface area contributed by atoms with Gasteiger partial charge in [0.15, 0.2) is 0 Å². The fourth-order valence-electron chi connectivity index (χ4n) is 1.89. The van der Waals surface area contributed by atoms with Crippen molar-refractivity contribution in [2.45, 2.75) is 0 Å². The highest BCUT2D eigenvalue weighted by Crippen LogP contribution is 2.34. The lowest BCUT2D eigenvalue weighted by atomic mass is 10.2. The van der Waals surface area contributed by atoms with Gasteiger partial charge >= 0.3 is 0 Å². The smallest absolute Gasteiger partial charge is 0.227 e. The Bertz CT molecular complexity index is 792. The zero-order chi connectivity index (χ0) is 14.1. The predicted octanol–water partition coefficient (Wildman–Crippen LogP) is 5.69. The van der Waals surface area contributed by atoms with Crippen LogP contribution in [0.15, 0.2) is 57.6 Å². The lowest BCUT2D eigenvalue weighted by molar-refractivity contribution is 0.464. The van der Waals surface area contributed by atoms with E-state index in [2.05, 4.69) is 36.8 Å². The fraction of sp³-hybridized carbons (Fsp3) is 0. The van der Waals surface area contributed by atoms with Gasteiger partial charge < -0.3 is 4.74 Å². The van der Waals surface area contributed by atoms with Crippen LogP contribution in [0.4, 0.5) is 4.39 Å². The molecule has 0 amide bonds. The summed E-state index contributed by atoms with van der Waals surface area (Å²) in [6.07, 6.45) is 1.68. The topological polar surface area (TPSA) is 22.1 Å². The van der Waals surface area contributed by atoms with E-state index in [9.17, 15) is 4.39 Å². The Kier molecular flexibility index (Phi) is 3.72. The summed E-state index contributed by atoms with van der Waals surface area (Å²) >= 11 is 6.78. The SMILES string of the molecule is Fc1ccc(Oc2nccc3c(Br)cccc23)c(Br)c1. The van der Waals surface area contributed by atoms with Gasteiger partial charge in [-0.25, -0.2) is 9.37 Å². The highest BCUT2D eigenvalue weighted by Gasteiger charge is 2.09. The summed E-state index contributed by atoms with van der Waals surface area (Å²) < 4.78 is 20.4. The maximum Gasteiger partial charge on any atom is 0.227 e. The maximum atomic E-state index is 13.1. The molecule has 0 atom stereocenters. The van der Waals surface area contributed by atoms with E-state index >= 15 is 0 Å². The molecule has 0 unspecified atom stereocenters. The van der Waals surface area contributed by atoms with Gasteiger partial charge in [-0.3, -0.25) is 0 Å². The maximum absolute atomic E-state index is 13.1. The van der Waals surface area contributed by atoms with Crippen LogP contribution in [0.1, 0.15) is 0 Å². The molecule has 0 bridgehead atoms. The first-order chi connectivity index (χ1) is 9.65. The third-order valence-electron chi connectivity index (χ3n) is 2.82. The molecule has 5 heteroatoms. The van der Waals surface area contributed by atoms with Gasteiger partial charge in [0, 0.05) is 21.4 Å². The highest BCUT2D eigenvalue weighted by atomic mass is 79.9. The molecule has 20 heavy (non-hydrogen) atoms. The van der Waals surface area contributed by atoms with Crippen LogP contribution in [0.25, 0.3) is 10.8 Å². The van der Waals surface area contributed by atoms with Crippen LogP contribution in [0, 0.1) is 5.82 Å². The first kappa shape index (κ1) is 13.5. The molecular weight excluding hydrogens is 389 g/mol. The highest BCUT2D eigenvalue weighted by molar-refractivity contribution is 9.11. The number of hydrogen-bond acceptors (Lipinski definition) is 2. The lowest BCUT2D eigenvalue weighted by Crippen LogP contribution is -1.91. The Morgan fingerprint density at radius 1 is 0.950 bits per heavy atom. The van der Waals surface area contributed by atoms with Gasteiger partial charge in [-0.2, -0.15) is 0 Å². The van der Waals surface area contributed by atoms with Gasteiger partial charge in [0.25, 0.3) is 0 Å². The molecule has 0 aliphatic heterocycles. The van der Waals surface area contributed by atoms with Crippen molar-refractivity contribution >= 4 is 42.6 Å². The van der Waals surface area contributed by atoms with Crippen LogP contribution in [-0.2, 0) is 0 Å². The zero-order valence-corrected chi connectivity index (χ0v) is 13.3. The molecule has 2 nitrogen and oxygen atoms in total. The molecule has 1 heterocycles. The minimum atomic E-state index is -0.321. The number of ether oxygens (including phenoxy) is 1. The van der Waals surface area contributed by atoms with Crippen LogP contribution in [0.2, 0.25) is 0 Å². The standard InChI is InChI=1S/C15H8Br2FNO/c16-12-3-1-2-11-10(12)6-7-19-15(11)20-14-5-4-9(18)8-13(14)17/h1-8H. The van der Waals surface area contributed by atoms with Crippen molar-refractivity contribution in [1.29, 1.82) is 0 Å². The zero-order valence-electron chi connectivity index (χ0n) is 10.1. The Hall–Kier alpha value is -1.46. The molecule has 3 aromatic rings. The van der Waals surface area contributed by atoms with Crippen molar-refractivity contribution in [2.75, 3.05) is 0 Å². The van der Waals surface area contributed by atoms with Crippen molar-refractivity contribution in [3.63, 3.8) is 0 Å². The molecule has 0 fully saturated rings. The average Bonchev–Trinajstić information content (AvgIpc) is 2.43.